The lowest BCUT2D eigenvalue weighted by Gasteiger charge is -2.15. The molecule has 0 saturated heterocycles. The number of carbonyl (C=O) groups is 1. The minimum atomic E-state index is -0.212. The Balaban J connectivity index is 2.95. The summed E-state index contributed by atoms with van der Waals surface area (Å²) in [6.07, 6.45) is 0.176. The van der Waals surface area contributed by atoms with Crippen LogP contribution in [0.5, 0.6) is 5.75 Å². The van der Waals surface area contributed by atoms with Crippen LogP contribution in [0.1, 0.15) is 37.5 Å². The smallest absolute Gasteiger partial charge is 0.310 e. The Morgan fingerprint density at radius 3 is 2.50 bits per heavy atom. The lowest BCUT2D eigenvalue weighted by atomic mass is 10.0. The molecule has 1 aromatic rings. The zero-order valence-corrected chi connectivity index (χ0v) is 11.9. The van der Waals surface area contributed by atoms with Crippen molar-refractivity contribution < 1.29 is 14.3 Å². The van der Waals surface area contributed by atoms with Crippen molar-refractivity contribution in [2.45, 2.75) is 47.1 Å². The maximum Gasteiger partial charge on any atom is 0.310 e. The van der Waals surface area contributed by atoms with Gasteiger partial charge in [0.25, 0.3) is 0 Å². The molecule has 0 aliphatic heterocycles. The van der Waals surface area contributed by atoms with Crippen LogP contribution in [0.3, 0.4) is 0 Å². The van der Waals surface area contributed by atoms with Gasteiger partial charge in [-0.3, -0.25) is 4.79 Å². The van der Waals surface area contributed by atoms with Gasteiger partial charge in [-0.05, 0) is 40.2 Å². The van der Waals surface area contributed by atoms with Gasteiger partial charge in [0.1, 0.15) is 5.75 Å². The molecule has 0 atom stereocenters. The van der Waals surface area contributed by atoms with Crippen molar-refractivity contribution in [2.24, 2.45) is 0 Å². The molecule has 0 aliphatic carbocycles. The van der Waals surface area contributed by atoms with Crippen molar-refractivity contribution in [3.63, 3.8) is 0 Å². The van der Waals surface area contributed by atoms with Crippen molar-refractivity contribution in [3.05, 3.63) is 28.8 Å². The summed E-state index contributed by atoms with van der Waals surface area (Å²) in [5, 5.41) is 0. The molecule has 1 aromatic carbocycles. The van der Waals surface area contributed by atoms with Crippen molar-refractivity contribution in [1.82, 2.24) is 0 Å². The predicted molar refractivity (Wildman–Crippen MR) is 72.0 cm³/mol. The van der Waals surface area contributed by atoms with E-state index in [0.29, 0.717) is 6.61 Å². The van der Waals surface area contributed by atoms with Gasteiger partial charge in [-0.2, -0.15) is 0 Å². The van der Waals surface area contributed by atoms with Gasteiger partial charge in [-0.15, -0.1) is 0 Å². The molecule has 0 spiro atoms. The van der Waals surface area contributed by atoms with E-state index in [-0.39, 0.29) is 18.5 Å². The molecule has 0 fully saturated rings. The first kappa shape index (κ1) is 14.6. The molecule has 18 heavy (non-hydrogen) atoms. The standard InChI is InChI=1S/C15H22O3/c1-6-17-15-12(5)7-11(4)8-13(15)9-14(16)18-10(2)3/h7-8,10H,6,9H2,1-5H3. The fourth-order valence-corrected chi connectivity index (χ4v) is 1.98. The molecule has 100 valence electrons. The molecule has 0 N–H and O–H groups in total. The number of hydrogen-bond donors (Lipinski definition) is 0. The Labute approximate surface area is 109 Å². The van der Waals surface area contributed by atoms with Gasteiger partial charge in [-0.1, -0.05) is 17.7 Å². The van der Waals surface area contributed by atoms with Crippen LogP contribution in [-0.2, 0) is 16.0 Å². The fourth-order valence-electron chi connectivity index (χ4n) is 1.98. The van der Waals surface area contributed by atoms with E-state index in [9.17, 15) is 4.79 Å². The molecular weight excluding hydrogens is 228 g/mol. The van der Waals surface area contributed by atoms with Crippen LogP contribution in [0.25, 0.3) is 0 Å². The fraction of sp³-hybridized carbons (Fsp3) is 0.533. The average Bonchev–Trinajstić information content (AvgIpc) is 2.21. The van der Waals surface area contributed by atoms with Crippen LogP contribution in [0.4, 0.5) is 0 Å². The van der Waals surface area contributed by atoms with E-state index < -0.39 is 0 Å². The van der Waals surface area contributed by atoms with E-state index in [2.05, 4.69) is 6.07 Å². The summed E-state index contributed by atoms with van der Waals surface area (Å²) in [5.41, 5.74) is 3.09. The maximum atomic E-state index is 11.7. The normalized spacial score (nSPS) is 10.6. The molecule has 0 unspecified atom stereocenters. The molecular formula is C15H22O3. The molecule has 0 amide bonds. The predicted octanol–water partition coefficient (Wildman–Crippen LogP) is 3.20. The summed E-state index contributed by atoms with van der Waals surface area (Å²) < 4.78 is 10.8. The minimum Gasteiger partial charge on any atom is -0.493 e. The first-order valence-electron chi connectivity index (χ1n) is 6.36. The Kier molecular flexibility index (Phi) is 5.20. The largest absolute Gasteiger partial charge is 0.493 e. The lowest BCUT2D eigenvalue weighted by Crippen LogP contribution is -2.14. The highest BCUT2D eigenvalue weighted by molar-refractivity contribution is 5.74. The van der Waals surface area contributed by atoms with Gasteiger partial charge < -0.3 is 9.47 Å². The van der Waals surface area contributed by atoms with Gasteiger partial charge >= 0.3 is 5.97 Å². The highest BCUT2D eigenvalue weighted by atomic mass is 16.5. The third kappa shape index (κ3) is 4.06. The Hall–Kier alpha value is -1.51. The van der Waals surface area contributed by atoms with E-state index >= 15 is 0 Å². The van der Waals surface area contributed by atoms with E-state index in [1.165, 1.54) is 0 Å². The molecule has 3 heteroatoms. The highest BCUT2D eigenvalue weighted by Crippen LogP contribution is 2.26. The number of aryl methyl sites for hydroxylation is 2. The molecule has 0 heterocycles. The second kappa shape index (κ2) is 6.43. The molecule has 0 aliphatic rings. The van der Waals surface area contributed by atoms with Gasteiger partial charge in [0.05, 0.1) is 19.1 Å². The Morgan fingerprint density at radius 2 is 1.94 bits per heavy atom. The van der Waals surface area contributed by atoms with Crippen LogP contribution in [0, 0.1) is 13.8 Å². The topological polar surface area (TPSA) is 35.5 Å². The number of esters is 1. The number of rotatable bonds is 5. The number of carbonyl (C=O) groups excluding carboxylic acids is 1. The first-order chi connectivity index (χ1) is 8.43. The van der Waals surface area contributed by atoms with Crippen molar-refractivity contribution >= 4 is 5.97 Å². The van der Waals surface area contributed by atoms with Crippen LogP contribution in [0.15, 0.2) is 12.1 Å². The van der Waals surface area contributed by atoms with Gasteiger partial charge in [0, 0.05) is 5.56 Å². The van der Waals surface area contributed by atoms with E-state index in [1.807, 2.05) is 40.7 Å². The summed E-state index contributed by atoms with van der Waals surface area (Å²) in [5.74, 6) is 0.597. The minimum absolute atomic E-state index is 0.0843. The summed E-state index contributed by atoms with van der Waals surface area (Å²) in [6, 6.07) is 4.04. The Bertz CT molecular complexity index is 422. The van der Waals surface area contributed by atoms with E-state index in [1.54, 1.807) is 0 Å². The Morgan fingerprint density at radius 1 is 1.28 bits per heavy atom. The van der Waals surface area contributed by atoms with Crippen molar-refractivity contribution in [3.8, 4) is 5.75 Å². The van der Waals surface area contributed by atoms with Gasteiger partial charge in [0.2, 0.25) is 0 Å². The van der Waals surface area contributed by atoms with Crippen LogP contribution < -0.4 is 4.74 Å². The maximum absolute atomic E-state index is 11.7. The van der Waals surface area contributed by atoms with Crippen LogP contribution in [0.2, 0.25) is 0 Å². The van der Waals surface area contributed by atoms with Crippen LogP contribution >= 0.6 is 0 Å². The molecule has 0 saturated carbocycles. The second-order valence-corrected chi connectivity index (χ2v) is 4.72. The number of benzene rings is 1. The van der Waals surface area contributed by atoms with Crippen LogP contribution in [-0.4, -0.2) is 18.7 Å². The molecule has 1 rings (SSSR count). The quantitative estimate of drug-likeness (QED) is 0.753. The molecule has 0 aromatic heterocycles. The molecule has 0 bridgehead atoms. The van der Waals surface area contributed by atoms with Crippen molar-refractivity contribution in [2.75, 3.05) is 6.61 Å². The third-order valence-electron chi connectivity index (χ3n) is 2.49. The van der Waals surface area contributed by atoms with E-state index in [4.69, 9.17) is 9.47 Å². The highest BCUT2D eigenvalue weighted by Gasteiger charge is 2.14. The molecule has 3 nitrogen and oxygen atoms in total. The monoisotopic (exact) mass is 250 g/mol. The number of hydrogen-bond acceptors (Lipinski definition) is 3. The van der Waals surface area contributed by atoms with Gasteiger partial charge in [-0.25, -0.2) is 0 Å². The molecule has 0 radical (unpaired) electrons. The third-order valence-corrected chi connectivity index (χ3v) is 2.49. The summed E-state index contributed by atoms with van der Waals surface area (Å²) >= 11 is 0. The summed E-state index contributed by atoms with van der Waals surface area (Å²) in [6.45, 7) is 10.2. The summed E-state index contributed by atoms with van der Waals surface area (Å²) in [4.78, 5) is 11.7. The van der Waals surface area contributed by atoms with E-state index in [0.717, 1.165) is 22.4 Å². The second-order valence-electron chi connectivity index (χ2n) is 4.72. The summed E-state index contributed by atoms with van der Waals surface area (Å²) in [7, 11) is 0. The van der Waals surface area contributed by atoms with Crippen molar-refractivity contribution in [1.29, 1.82) is 0 Å². The number of ether oxygens (including phenoxy) is 2. The van der Waals surface area contributed by atoms with Gasteiger partial charge in [0.15, 0.2) is 0 Å². The first-order valence-corrected chi connectivity index (χ1v) is 6.36. The lowest BCUT2D eigenvalue weighted by molar-refractivity contribution is -0.146. The average molecular weight is 250 g/mol. The zero-order chi connectivity index (χ0) is 13.7. The SMILES string of the molecule is CCOc1c(C)cc(C)cc1CC(=O)OC(C)C. The zero-order valence-electron chi connectivity index (χ0n) is 11.9.